The van der Waals surface area contributed by atoms with Gasteiger partial charge in [0.1, 0.15) is 0 Å². The molecule has 0 saturated carbocycles. The molecule has 3 nitrogen and oxygen atoms in total. The molecule has 1 aliphatic heterocycles. The van der Waals surface area contributed by atoms with E-state index in [1.54, 1.807) is 0 Å². The van der Waals surface area contributed by atoms with Gasteiger partial charge in [-0.2, -0.15) is 0 Å². The Morgan fingerprint density at radius 3 is 1.81 bits per heavy atom. The number of nitrogens with zero attached hydrogens (tertiary/aromatic N) is 1. The van der Waals surface area contributed by atoms with Crippen molar-refractivity contribution < 1.29 is 0 Å². The molecule has 1 unspecified atom stereocenters. The summed E-state index contributed by atoms with van der Waals surface area (Å²) in [7, 11) is 0. The summed E-state index contributed by atoms with van der Waals surface area (Å²) in [5.41, 5.74) is 6.12. The highest BCUT2D eigenvalue weighted by Crippen LogP contribution is 2.14. The Balaban J connectivity index is 1.75. The Kier molecular flexibility index (Phi) is 11.4. The summed E-state index contributed by atoms with van der Waals surface area (Å²) in [4.78, 5) is 0. The molecular formula is C18H37N3. The van der Waals surface area contributed by atoms with E-state index >= 15 is 0 Å². The van der Waals surface area contributed by atoms with Crippen molar-refractivity contribution in [3.63, 3.8) is 0 Å². The maximum Gasteiger partial charge on any atom is 0.0438 e. The summed E-state index contributed by atoms with van der Waals surface area (Å²) in [5.74, 6) is 0. The molecule has 0 spiro atoms. The van der Waals surface area contributed by atoms with Crippen LogP contribution in [0.2, 0.25) is 0 Å². The van der Waals surface area contributed by atoms with Crippen molar-refractivity contribution in [3.05, 3.63) is 12.4 Å². The first-order valence-electron chi connectivity index (χ1n) is 9.30. The van der Waals surface area contributed by atoms with Crippen molar-refractivity contribution in [1.82, 2.24) is 16.0 Å². The van der Waals surface area contributed by atoms with Gasteiger partial charge in [-0.15, -0.1) is 5.53 Å². The maximum absolute atomic E-state index is 3.12. The quantitative estimate of drug-likeness (QED) is 0.428. The van der Waals surface area contributed by atoms with Gasteiger partial charge in [-0.05, 0) is 13.3 Å². The molecule has 1 heterocycles. The largest absolute Gasteiger partial charge is 0.310 e. The SMILES string of the molecule is CCCCCCCCCCCCCCC(C)N1C=CNN1. The van der Waals surface area contributed by atoms with Gasteiger partial charge < -0.3 is 5.43 Å². The van der Waals surface area contributed by atoms with Crippen LogP contribution < -0.4 is 11.0 Å². The number of unbranched alkanes of at least 4 members (excludes halogenated alkanes) is 11. The van der Waals surface area contributed by atoms with Crippen molar-refractivity contribution in [3.8, 4) is 0 Å². The first kappa shape index (κ1) is 18.3. The van der Waals surface area contributed by atoms with Gasteiger partial charge >= 0.3 is 0 Å². The molecule has 1 aliphatic rings. The summed E-state index contributed by atoms with van der Waals surface area (Å²) in [6, 6.07) is 0.583. The van der Waals surface area contributed by atoms with E-state index in [0.717, 1.165) is 0 Å². The average Bonchev–Trinajstić information content (AvgIpc) is 3.02. The van der Waals surface area contributed by atoms with Crippen molar-refractivity contribution in [2.45, 2.75) is 103 Å². The van der Waals surface area contributed by atoms with Crippen LogP contribution >= 0.6 is 0 Å². The molecule has 0 amide bonds. The molecule has 2 N–H and O–H groups in total. The van der Waals surface area contributed by atoms with Crippen LogP contribution in [0.5, 0.6) is 0 Å². The van der Waals surface area contributed by atoms with E-state index in [1.807, 2.05) is 6.20 Å². The lowest BCUT2D eigenvalue weighted by Gasteiger charge is -2.23. The lowest BCUT2D eigenvalue weighted by molar-refractivity contribution is 0.196. The lowest BCUT2D eigenvalue weighted by atomic mass is 10.0. The van der Waals surface area contributed by atoms with E-state index in [0.29, 0.717) is 6.04 Å². The molecule has 0 aromatic carbocycles. The Hall–Kier alpha value is -0.700. The second kappa shape index (κ2) is 13.0. The normalized spacial score (nSPS) is 15.4. The third-order valence-corrected chi connectivity index (χ3v) is 4.46. The summed E-state index contributed by atoms with van der Waals surface area (Å²) >= 11 is 0. The monoisotopic (exact) mass is 295 g/mol. The molecule has 124 valence electrons. The number of nitrogens with one attached hydrogen (secondary N) is 2. The van der Waals surface area contributed by atoms with Crippen molar-refractivity contribution >= 4 is 0 Å². The predicted molar refractivity (Wildman–Crippen MR) is 92.4 cm³/mol. The molecule has 1 rings (SSSR count). The fourth-order valence-corrected chi connectivity index (χ4v) is 2.94. The minimum absolute atomic E-state index is 0.583. The Morgan fingerprint density at radius 1 is 0.810 bits per heavy atom. The zero-order valence-electron chi connectivity index (χ0n) is 14.4. The van der Waals surface area contributed by atoms with Gasteiger partial charge in [0.25, 0.3) is 0 Å². The molecule has 21 heavy (non-hydrogen) atoms. The molecule has 3 heteroatoms. The van der Waals surface area contributed by atoms with Gasteiger partial charge in [-0.3, -0.25) is 5.01 Å². The van der Waals surface area contributed by atoms with E-state index in [2.05, 4.69) is 36.0 Å². The minimum Gasteiger partial charge on any atom is -0.310 e. The zero-order chi connectivity index (χ0) is 15.2. The van der Waals surface area contributed by atoms with Crippen LogP contribution in [0.25, 0.3) is 0 Å². The van der Waals surface area contributed by atoms with Crippen LogP contribution in [0.15, 0.2) is 12.4 Å². The fourth-order valence-electron chi connectivity index (χ4n) is 2.94. The summed E-state index contributed by atoms with van der Waals surface area (Å²) in [6.07, 6.45) is 22.4. The molecule has 0 aromatic heterocycles. The molecule has 0 aliphatic carbocycles. The van der Waals surface area contributed by atoms with Gasteiger partial charge in [-0.25, -0.2) is 0 Å². The number of rotatable bonds is 14. The second-order valence-electron chi connectivity index (χ2n) is 6.51. The lowest BCUT2D eigenvalue weighted by Crippen LogP contribution is -2.41. The molecule has 0 radical (unpaired) electrons. The van der Waals surface area contributed by atoms with Crippen LogP contribution in [0, 0.1) is 0 Å². The van der Waals surface area contributed by atoms with Gasteiger partial charge in [0.05, 0.1) is 0 Å². The molecule has 1 atom stereocenters. The fraction of sp³-hybridized carbons (Fsp3) is 0.889. The van der Waals surface area contributed by atoms with Gasteiger partial charge in [0, 0.05) is 18.4 Å². The highest BCUT2D eigenvalue weighted by molar-refractivity contribution is 4.85. The van der Waals surface area contributed by atoms with Gasteiger partial charge in [-0.1, -0.05) is 84.0 Å². The molecule has 0 saturated heterocycles. The number of hydrazine groups is 2. The third kappa shape index (κ3) is 9.78. The van der Waals surface area contributed by atoms with Crippen LogP contribution in [0.4, 0.5) is 0 Å². The Morgan fingerprint density at radius 2 is 1.33 bits per heavy atom. The smallest absolute Gasteiger partial charge is 0.0438 e. The number of hydrogen-bond acceptors (Lipinski definition) is 3. The predicted octanol–water partition coefficient (Wildman–Crippen LogP) is 5.26. The van der Waals surface area contributed by atoms with E-state index in [-0.39, 0.29) is 0 Å². The number of hydrogen-bond donors (Lipinski definition) is 2. The maximum atomic E-state index is 3.12. The van der Waals surface area contributed by atoms with Crippen molar-refractivity contribution in [2.24, 2.45) is 0 Å². The van der Waals surface area contributed by atoms with Gasteiger partial charge in [0.2, 0.25) is 0 Å². The molecule has 0 aromatic rings. The van der Waals surface area contributed by atoms with Crippen LogP contribution in [0.1, 0.15) is 97.3 Å². The van der Waals surface area contributed by atoms with E-state index in [9.17, 15) is 0 Å². The minimum atomic E-state index is 0.583. The molecule has 0 fully saturated rings. The van der Waals surface area contributed by atoms with E-state index in [1.165, 1.54) is 83.5 Å². The highest BCUT2D eigenvalue weighted by atomic mass is 15.7. The first-order valence-corrected chi connectivity index (χ1v) is 9.30. The topological polar surface area (TPSA) is 27.3 Å². The molecular weight excluding hydrogens is 258 g/mol. The van der Waals surface area contributed by atoms with Crippen molar-refractivity contribution in [2.75, 3.05) is 0 Å². The molecule has 0 bridgehead atoms. The highest BCUT2D eigenvalue weighted by Gasteiger charge is 2.11. The van der Waals surface area contributed by atoms with Crippen LogP contribution in [-0.4, -0.2) is 11.1 Å². The van der Waals surface area contributed by atoms with E-state index < -0.39 is 0 Å². The van der Waals surface area contributed by atoms with Gasteiger partial charge in [0.15, 0.2) is 0 Å². The third-order valence-electron chi connectivity index (χ3n) is 4.46. The van der Waals surface area contributed by atoms with Crippen LogP contribution in [0.3, 0.4) is 0 Å². The van der Waals surface area contributed by atoms with Crippen molar-refractivity contribution in [1.29, 1.82) is 0 Å². The first-order chi connectivity index (χ1) is 10.3. The Labute approximate surface area is 132 Å². The van der Waals surface area contributed by atoms with E-state index in [4.69, 9.17) is 0 Å². The standard InChI is InChI=1S/C18H37N3/c1-3-4-5-6-7-8-9-10-11-12-13-14-15-18(2)21-17-16-19-20-21/h16-20H,3-15H2,1-2H3. The summed E-state index contributed by atoms with van der Waals surface area (Å²) < 4.78 is 0. The summed E-state index contributed by atoms with van der Waals surface area (Å²) in [5, 5.41) is 2.15. The van der Waals surface area contributed by atoms with Crippen LogP contribution in [-0.2, 0) is 0 Å². The second-order valence-corrected chi connectivity index (χ2v) is 6.51. The summed E-state index contributed by atoms with van der Waals surface area (Å²) in [6.45, 7) is 4.57. The Bertz CT molecular complexity index is 253. The zero-order valence-corrected chi connectivity index (χ0v) is 14.4. The average molecular weight is 296 g/mol.